The van der Waals surface area contributed by atoms with E-state index in [-0.39, 0.29) is 6.33 Å². The topological polar surface area (TPSA) is 9.23 Å². The van der Waals surface area contributed by atoms with E-state index in [1.165, 1.54) is 0 Å². The molecule has 53 valence electrons. The van der Waals surface area contributed by atoms with Gasteiger partial charge in [0, 0.05) is 0 Å². The highest BCUT2D eigenvalue weighted by molar-refractivity contribution is 4.64. The summed E-state index contributed by atoms with van der Waals surface area (Å²) < 4.78 is 56.5. The van der Waals surface area contributed by atoms with Gasteiger partial charge in [-0.25, -0.2) is 0 Å². The van der Waals surface area contributed by atoms with Crippen LogP contribution in [-0.2, 0) is 4.74 Å². The standard InChI is InChI=1S/C3F5O/c4-1-2(5)9-3(6,7)8. The van der Waals surface area contributed by atoms with Crippen LogP contribution in [0.5, 0.6) is 0 Å². The van der Waals surface area contributed by atoms with Crippen LogP contribution < -0.4 is 0 Å². The van der Waals surface area contributed by atoms with Crippen LogP contribution in [0.3, 0.4) is 0 Å². The Balaban J connectivity index is 3.75. The molecule has 9 heavy (non-hydrogen) atoms. The molecule has 0 aromatic rings. The normalized spacial score (nSPS) is 13.7. The van der Waals surface area contributed by atoms with E-state index in [4.69, 9.17) is 0 Å². The fraction of sp³-hybridized carbons (Fsp3) is 0.333. The first-order valence-electron chi connectivity index (χ1n) is 1.60. The van der Waals surface area contributed by atoms with Crippen molar-refractivity contribution in [3.8, 4) is 0 Å². The van der Waals surface area contributed by atoms with E-state index < -0.39 is 12.4 Å². The zero-order chi connectivity index (χ0) is 7.49. The van der Waals surface area contributed by atoms with Crippen LogP contribution in [-0.4, -0.2) is 6.36 Å². The smallest absolute Gasteiger partial charge is 0.376 e. The molecule has 0 aliphatic carbocycles. The van der Waals surface area contributed by atoms with E-state index in [0.717, 1.165) is 0 Å². The lowest BCUT2D eigenvalue weighted by Crippen LogP contribution is -2.10. The van der Waals surface area contributed by atoms with Crippen molar-refractivity contribution < 1.29 is 26.7 Å². The van der Waals surface area contributed by atoms with Crippen molar-refractivity contribution in [2.24, 2.45) is 0 Å². The highest BCUT2D eigenvalue weighted by atomic mass is 19.4. The first kappa shape index (κ1) is 8.19. The maximum Gasteiger partial charge on any atom is 0.574 e. The fourth-order valence-corrected chi connectivity index (χ4v) is 0.121. The van der Waals surface area contributed by atoms with Crippen molar-refractivity contribution in [2.75, 3.05) is 0 Å². The summed E-state index contributed by atoms with van der Waals surface area (Å²) in [7, 11) is 0. The molecule has 0 fully saturated rings. The summed E-state index contributed by atoms with van der Waals surface area (Å²) in [6, 6.07) is -2.43. The molecule has 0 N–H and O–H groups in total. The van der Waals surface area contributed by atoms with E-state index in [9.17, 15) is 22.0 Å². The van der Waals surface area contributed by atoms with Crippen LogP contribution >= 0.6 is 0 Å². The number of hydrogen-bond donors (Lipinski definition) is 0. The molecule has 0 saturated heterocycles. The summed E-state index contributed by atoms with van der Waals surface area (Å²) in [5, 5.41) is 0. The van der Waals surface area contributed by atoms with Gasteiger partial charge in [0.25, 0.3) is 0 Å². The molecule has 0 aliphatic rings. The Labute approximate surface area is 46.7 Å². The van der Waals surface area contributed by atoms with Gasteiger partial charge in [-0.05, 0) is 0 Å². The first-order valence-corrected chi connectivity index (χ1v) is 1.60. The van der Waals surface area contributed by atoms with Gasteiger partial charge >= 0.3 is 12.4 Å². The number of rotatable bonds is 1. The van der Waals surface area contributed by atoms with Crippen LogP contribution in [0.25, 0.3) is 0 Å². The van der Waals surface area contributed by atoms with Crippen LogP contribution in [0.1, 0.15) is 0 Å². The van der Waals surface area contributed by atoms with Gasteiger partial charge in [-0.1, -0.05) is 0 Å². The Morgan fingerprint density at radius 3 is 1.89 bits per heavy atom. The van der Waals surface area contributed by atoms with Crippen molar-refractivity contribution in [3.63, 3.8) is 0 Å². The molecule has 0 aromatic heterocycles. The fourth-order valence-electron chi connectivity index (χ4n) is 0.121. The summed E-state index contributed by atoms with van der Waals surface area (Å²) in [4.78, 5) is 0. The zero-order valence-electron chi connectivity index (χ0n) is 3.80. The Bertz CT molecular complexity index is 114. The molecular formula is C3F5O. The van der Waals surface area contributed by atoms with Gasteiger partial charge in [0.2, 0.25) is 6.33 Å². The Morgan fingerprint density at radius 2 is 1.78 bits per heavy atom. The van der Waals surface area contributed by atoms with E-state index in [2.05, 4.69) is 4.74 Å². The lowest BCUT2D eigenvalue weighted by Gasteiger charge is -2.02. The monoisotopic (exact) mass is 147 g/mol. The highest BCUT2D eigenvalue weighted by Crippen LogP contribution is 2.20. The number of alkyl halides is 3. The molecule has 0 bridgehead atoms. The summed E-state index contributed by atoms with van der Waals surface area (Å²) in [6.07, 6.45) is -5.16. The van der Waals surface area contributed by atoms with Gasteiger partial charge < -0.3 is 4.74 Å². The third-order valence-corrected chi connectivity index (χ3v) is 0.280. The minimum absolute atomic E-state index is 0.0292. The maximum absolute atomic E-state index is 11.1. The lowest BCUT2D eigenvalue weighted by atomic mass is 11.0. The Kier molecular flexibility index (Phi) is 2.41. The number of ether oxygens (including phenoxy) is 1. The SMILES string of the molecule is F/[C]=C(\F)OC(F)(F)F. The molecule has 0 amide bonds. The second-order valence-corrected chi connectivity index (χ2v) is 0.916. The molecule has 6 heteroatoms. The quantitative estimate of drug-likeness (QED) is 0.407. The lowest BCUT2D eigenvalue weighted by molar-refractivity contribution is -0.314. The second-order valence-electron chi connectivity index (χ2n) is 0.916. The van der Waals surface area contributed by atoms with Gasteiger partial charge in [-0.3, -0.25) is 0 Å². The first-order chi connectivity index (χ1) is 3.95. The van der Waals surface area contributed by atoms with E-state index in [0.29, 0.717) is 0 Å². The number of hydrogen-bond acceptors (Lipinski definition) is 1. The molecule has 0 atom stereocenters. The van der Waals surface area contributed by atoms with Crippen LogP contribution in [0, 0.1) is 6.33 Å². The average Bonchev–Trinajstić information content (AvgIpc) is 1.62. The molecule has 0 aliphatic heterocycles. The van der Waals surface area contributed by atoms with Gasteiger partial charge in [-0.15, -0.1) is 13.2 Å². The van der Waals surface area contributed by atoms with Crippen LogP contribution in [0.2, 0.25) is 0 Å². The zero-order valence-corrected chi connectivity index (χ0v) is 3.80. The molecular weight excluding hydrogens is 147 g/mol. The molecule has 0 spiro atoms. The third-order valence-electron chi connectivity index (χ3n) is 0.280. The minimum atomic E-state index is -5.19. The van der Waals surface area contributed by atoms with Gasteiger partial charge in [0.05, 0.1) is 0 Å². The average molecular weight is 147 g/mol. The number of halogens is 5. The van der Waals surface area contributed by atoms with Crippen molar-refractivity contribution in [2.45, 2.75) is 6.36 Å². The van der Waals surface area contributed by atoms with Crippen molar-refractivity contribution in [1.82, 2.24) is 0 Å². The van der Waals surface area contributed by atoms with Crippen molar-refractivity contribution in [3.05, 3.63) is 12.3 Å². The van der Waals surface area contributed by atoms with Crippen LogP contribution in [0.15, 0.2) is 6.01 Å². The molecule has 0 unspecified atom stereocenters. The summed E-state index contributed by atoms with van der Waals surface area (Å²) in [5.41, 5.74) is 0. The second kappa shape index (κ2) is 2.65. The third kappa shape index (κ3) is 5.05. The largest absolute Gasteiger partial charge is 0.574 e. The van der Waals surface area contributed by atoms with Crippen LogP contribution in [0.4, 0.5) is 22.0 Å². The van der Waals surface area contributed by atoms with E-state index in [1.54, 1.807) is 0 Å². The van der Waals surface area contributed by atoms with Gasteiger partial charge in [-0.2, -0.15) is 8.78 Å². The Hall–Kier alpha value is -0.810. The van der Waals surface area contributed by atoms with Gasteiger partial charge in [0.1, 0.15) is 0 Å². The summed E-state index contributed by atoms with van der Waals surface area (Å²) in [5.74, 6) is 0. The van der Waals surface area contributed by atoms with E-state index in [1.807, 2.05) is 0 Å². The molecule has 0 saturated carbocycles. The Morgan fingerprint density at radius 1 is 1.33 bits per heavy atom. The maximum atomic E-state index is 11.1. The van der Waals surface area contributed by atoms with Crippen molar-refractivity contribution >= 4 is 0 Å². The van der Waals surface area contributed by atoms with Crippen molar-refractivity contribution in [1.29, 1.82) is 0 Å². The van der Waals surface area contributed by atoms with E-state index >= 15 is 0 Å². The highest BCUT2D eigenvalue weighted by Gasteiger charge is 2.32. The summed E-state index contributed by atoms with van der Waals surface area (Å²) >= 11 is 0. The van der Waals surface area contributed by atoms with Gasteiger partial charge in [0.15, 0.2) is 0 Å². The molecule has 0 rings (SSSR count). The molecule has 1 radical (unpaired) electrons. The minimum Gasteiger partial charge on any atom is -0.376 e. The molecule has 1 nitrogen and oxygen atoms in total. The molecule has 0 heterocycles. The molecule has 0 aromatic carbocycles. The predicted octanol–water partition coefficient (Wildman–Crippen LogP) is 2.06. The summed E-state index contributed by atoms with van der Waals surface area (Å²) in [6.45, 7) is 0. The predicted molar refractivity (Wildman–Crippen MR) is 16.1 cm³/mol.